The summed E-state index contributed by atoms with van der Waals surface area (Å²) in [4.78, 5) is 29.9. The van der Waals surface area contributed by atoms with Crippen LogP contribution in [0.3, 0.4) is 0 Å². The lowest BCUT2D eigenvalue weighted by molar-refractivity contribution is 1.18. The largest absolute Gasteiger partial charge is 0.306 e. The van der Waals surface area contributed by atoms with Crippen molar-refractivity contribution in [2.45, 2.75) is 27.7 Å². The van der Waals surface area contributed by atoms with Crippen LogP contribution in [0.25, 0.3) is 222 Å². The van der Waals surface area contributed by atoms with Gasteiger partial charge in [-0.1, -0.05) is 243 Å². The summed E-state index contributed by atoms with van der Waals surface area (Å²) in [7, 11) is 0. The first-order chi connectivity index (χ1) is 60.0. The molecule has 0 radical (unpaired) electrons. The van der Waals surface area contributed by atoms with Crippen molar-refractivity contribution in [3.05, 3.63) is 412 Å². The Bertz CT molecular complexity index is 7360. The second-order valence-corrected chi connectivity index (χ2v) is 32.2. The van der Waals surface area contributed by atoms with E-state index < -0.39 is 0 Å². The summed E-state index contributed by atoms with van der Waals surface area (Å²) in [5, 5.41) is 9.05. The van der Waals surface area contributed by atoms with Gasteiger partial charge in [-0.15, -0.1) is 0 Å². The van der Waals surface area contributed by atoms with E-state index in [-0.39, 0.29) is 0 Å². The summed E-state index contributed by atoms with van der Waals surface area (Å²) in [6.45, 7) is 8.20. The lowest BCUT2D eigenvalue weighted by Crippen LogP contribution is -1.93. The van der Waals surface area contributed by atoms with Crippen LogP contribution in [0, 0.1) is 27.7 Å². The molecule has 0 aliphatic carbocycles. The monoisotopic (exact) mass is 1560 g/mol. The third kappa shape index (κ3) is 12.6. The molecule has 0 amide bonds. The van der Waals surface area contributed by atoms with Crippen LogP contribution in [0.5, 0.6) is 0 Å². The van der Waals surface area contributed by atoms with Gasteiger partial charge in [0.05, 0.1) is 28.5 Å². The molecule has 0 aliphatic heterocycles. The van der Waals surface area contributed by atoms with Gasteiger partial charge < -0.3 is 17.6 Å². The average molecular weight is 1560 g/mol. The van der Waals surface area contributed by atoms with Crippen LogP contribution in [0.4, 0.5) is 0 Å². The zero-order valence-corrected chi connectivity index (χ0v) is 67.4. The van der Waals surface area contributed by atoms with Gasteiger partial charge in [-0.25, -0.2) is 29.9 Å². The number of nitrogens with zero attached hydrogens (tertiary/aromatic N) is 10. The van der Waals surface area contributed by atoms with Gasteiger partial charge in [-0.3, -0.25) is 0 Å². The Morgan fingerprint density at radius 3 is 0.672 bits per heavy atom. The third-order valence-electron chi connectivity index (χ3n) is 24.4. The highest BCUT2D eigenvalue weighted by atomic mass is 15.0. The third-order valence-corrected chi connectivity index (χ3v) is 24.4. The van der Waals surface area contributed by atoms with Gasteiger partial charge in [0.25, 0.3) is 0 Å². The maximum Gasteiger partial charge on any atom is 0.159 e. The second-order valence-electron chi connectivity index (χ2n) is 32.2. The van der Waals surface area contributed by atoms with Gasteiger partial charge in [0.15, 0.2) is 5.82 Å². The van der Waals surface area contributed by atoms with Crippen LogP contribution in [0.15, 0.2) is 389 Å². The first kappa shape index (κ1) is 71.3. The minimum absolute atomic E-state index is 0.649. The van der Waals surface area contributed by atoms with Crippen LogP contribution < -0.4 is 0 Å². The van der Waals surface area contributed by atoms with Gasteiger partial charge in [-0.2, -0.15) is 0 Å². The summed E-state index contributed by atoms with van der Waals surface area (Å²) in [6.07, 6.45) is 18.7. The second kappa shape index (κ2) is 28.9. The number of aromatic nitrogens is 10. The maximum atomic E-state index is 5.30. The molecule has 0 N–H and O–H groups in total. The fraction of sp³-hybridized carbons (Fsp3) is 0.0357. The Morgan fingerprint density at radius 2 is 0.410 bits per heavy atom. The zero-order valence-electron chi connectivity index (χ0n) is 67.4. The summed E-state index contributed by atoms with van der Waals surface area (Å²) in [6, 6.07) is 123. The molecule has 23 aromatic rings. The maximum absolute atomic E-state index is 5.30. The molecule has 122 heavy (non-hydrogen) atoms. The van der Waals surface area contributed by atoms with Gasteiger partial charge >= 0.3 is 0 Å². The molecule has 0 aliphatic rings. The van der Waals surface area contributed by atoms with Gasteiger partial charge in [0.2, 0.25) is 0 Å². The molecule has 574 valence electrons. The van der Waals surface area contributed by atoms with Crippen molar-refractivity contribution in [3.8, 4) is 156 Å². The molecule has 0 atom stereocenters. The predicted octanol–water partition coefficient (Wildman–Crippen LogP) is 28.3. The lowest BCUT2D eigenvalue weighted by Gasteiger charge is -2.18. The van der Waals surface area contributed by atoms with Crippen LogP contribution in [-0.4, -0.2) is 47.5 Å². The Hall–Kier alpha value is -16.0. The molecule has 9 aromatic heterocycles. The Kier molecular flexibility index (Phi) is 16.9. The minimum Gasteiger partial charge on any atom is -0.306 e. The predicted molar refractivity (Wildman–Crippen MR) is 502 cm³/mol. The van der Waals surface area contributed by atoms with E-state index in [1.54, 1.807) is 0 Å². The topological polar surface area (TPSA) is 95.0 Å². The number of pyridine rings is 4. The molecule has 9 heterocycles. The number of benzene rings is 14. The number of hydrogen-bond donors (Lipinski definition) is 0. The number of imidazole rings is 4. The van der Waals surface area contributed by atoms with Gasteiger partial charge in [-0.05, 0) is 274 Å². The van der Waals surface area contributed by atoms with Crippen molar-refractivity contribution in [2.75, 3.05) is 0 Å². The lowest BCUT2D eigenvalue weighted by atomic mass is 9.86. The Labute approximate surface area is 704 Å². The van der Waals surface area contributed by atoms with Crippen LogP contribution in [-0.2, 0) is 0 Å². The molecule has 10 nitrogen and oxygen atoms in total. The first-order valence-electron chi connectivity index (χ1n) is 41.5. The van der Waals surface area contributed by atoms with Crippen LogP contribution in [0.1, 0.15) is 22.8 Å². The van der Waals surface area contributed by atoms with Crippen molar-refractivity contribution >= 4 is 65.7 Å². The highest BCUT2D eigenvalue weighted by Crippen LogP contribution is 2.47. The fourth-order valence-electron chi connectivity index (χ4n) is 18.6. The molecular weight excluding hydrogens is 1490 g/mol. The van der Waals surface area contributed by atoms with Crippen LogP contribution in [0.2, 0.25) is 0 Å². The number of fused-ring (bicyclic) bond motifs is 12. The summed E-state index contributed by atoms with van der Waals surface area (Å²) < 4.78 is 8.46. The van der Waals surface area contributed by atoms with E-state index in [4.69, 9.17) is 29.9 Å². The van der Waals surface area contributed by atoms with E-state index in [0.29, 0.717) is 5.82 Å². The summed E-state index contributed by atoms with van der Waals surface area (Å²) in [5.74, 6) is 0.649. The van der Waals surface area contributed by atoms with Crippen LogP contribution >= 0.6 is 0 Å². The standard InChI is InChI=1S/C112H76N10/c1-69-65-119-51-46-81-55-77(37-41-103(81)109(119)114-69)93-19-7-13-25-99(93)87-59-85(60-88(63-87)100-26-14-8-20-94(100)78-38-42-104-82(56-78)47-52-120-66-70(2)115-110(104)120)97-23-11-5-17-91(97)73-29-33-75(34-30-73)107-45-50-113-108(118-107)76-35-31-74(32-36-76)92-18-6-12-24-98(92)86-61-89(101-27-15-9-21-95(101)79-39-43-105-83(57-79)48-53-121-67-71(3)116-111(105)121)64-90(62-86)102-28-16-10-22-96(102)80-40-44-106-84(58-80)49-54-122-68-72(4)117-112(106)122/h5-68H,1-4H3. The van der Waals surface area contributed by atoms with E-state index in [1.165, 1.54) is 0 Å². The normalized spacial score (nSPS) is 11.8. The van der Waals surface area contributed by atoms with Crippen molar-refractivity contribution < 1.29 is 0 Å². The fourth-order valence-corrected chi connectivity index (χ4v) is 18.6. The highest BCUT2D eigenvalue weighted by Gasteiger charge is 2.23. The summed E-state index contributed by atoms with van der Waals surface area (Å²) in [5.41, 5.74) is 37.6. The molecule has 0 saturated heterocycles. The smallest absolute Gasteiger partial charge is 0.159 e. The van der Waals surface area contributed by atoms with E-state index in [9.17, 15) is 0 Å². The average Bonchev–Trinajstić information content (AvgIpc) is 1.44. The quantitative estimate of drug-likeness (QED) is 0.108. The molecular formula is C112H76N10. The molecule has 0 bridgehead atoms. The number of aryl methyl sites for hydroxylation is 4. The van der Waals surface area contributed by atoms with Crippen molar-refractivity contribution in [1.29, 1.82) is 0 Å². The van der Waals surface area contributed by atoms with E-state index in [0.717, 1.165) is 239 Å². The molecule has 14 aromatic carbocycles. The van der Waals surface area contributed by atoms with Crippen molar-refractivity contribution in [1.82, 2.24) is 47.5 Å². The van der Waals surface area contributed by atoms with E-state index >= 15 is 0 Å². The minimum atomic E-state index is 0.649. The van der Waals surface area contributed by atoms with Gasteiger partial charge in [0.1, 0.15) is 22.6 Å². The van der Waals surface area contributed by atoms with Crippen molar-refractivity contribution in [3.63, 3.8) is 0 Å². The van der Waals surface area contributed by atoms with Crippen molar-refractivity contribution in [2.24, 2.45) is 0 Å². The first-order valence-corrected chi connectivity index (χ1v) is 41.5. The Morgan fingerprint density at radius 1 is 0.189 bits per heavy atom. The molecule has 0 saturated carbocycles. The number of hydrogen-bond acceptors (Lipinski definition) is 6. The molecule has 0 spiro atoms. The SMILES string of the molecule is Cc1cn2ccc3cc(-c4ccccc4-c4cc(-c5ccccc5-c5ccc(-c6ccnc(-c7ccc(-c8ccccc8-c8cc(-c9ccccc9-c9ccc%10c(ccn%11cc(C)nc%10%11)c9)cc(-c9ccccc9-c9ccc%10c(ccn%11cc(C)nc%10%11)c9)c8)cc7)n6)cc5)cc(-c5ccccc5-c5ccc6c(ccn7cc(C)nc67)c5)c4)ccc3c2n1. The highest BCUT2D eigenvalue weighted by molar-refractivity contribution is 6.05. The zero-order chi connectivity index (χ0) is 81.2. The molecule has 0 unspecified atom stereocenters. The molecule has 0 fully saturated rings. The van der Waals surface area contributed by atoms with E-state index in [1.807, 2.05) is 40.0 Å². The summed E-state index contributed by atoms with van der Waals surface area (Å²) >= 11 is 0. The molecule has 23 rings (SSSR count). The van der Waals surface area contributed by atoms with Gasteiger partial charge in [0, 0.05) is 88.4 Å². The molecule has 10 heteroatoms. The Balaban J connectivity index is 0.583. The number of rotatable bonds is 14. The van der Waals surface area contributed by atoms with E-state index in [2.05, 4.69) is 395 Å².